The number of carboxylic acids is 1. The molecule has 1 fully saturated rings. The van der Waals surface area contributed by atoms with Crippen LogP contribution in [-0.4, -0.2) is 27.0 Å². The zero-order chi connectivity index (χ0) is 15.1. The Hall–Kier alpha value is -1.95. The first-order chi connectivity index (χ1) is 9.95. The fourth-order valence-electron chi connectivity index (χ4n) is 3.30. The van der Waals surface area contributed by atoms with Gasteiger partial charge in [0.15, 0.2) is 0 Å². The number of hydrogen-bond donors (Lipinski definition) is 2. The van der Waals surface area contributed by atoms with Crippen molar-refractivity contribution in [2.45, 2.75) is 13.3 Å². The molecule has 2 aliphatic rings. The van der Waals surface area contributed by atoms with Crippen molar-refractivity contribution in [2.24, 2.45) is 23.7 Å². The minimum absolute atomic E-state index is 0.0311. The smallest absolute Gasteiger partial charge is 0.307 e. The molecule has 2 N–H and O–H groups in total. The molecule has 1 saturated carbocycles. The van der Waals surface area contributed by atoms with Crippen LogP contribution < -0.4 is 5.32 Å². The predicted molar refractivity (Wildman–Crippen MR) is 75.8 cm³/mol. The van der Waals surface area contributed by atoms with Crippen LogP contribution in [0.15, 0.2) is 18.2 Å². The first-order valence-corrected chi connectivity index (χ1v) is 7.06. The van der Waals surface area contributed by atoms with Gasteiger partial charge in [0.05, 0.1) is 11.8 Å². The standard InChI is InChI=1S/C14H14ClN3O3/c1-6-4-9(15)17-14(16-6)18-12(19)10-7-2-3-8(5-7)11(10)13(20)21/h2-4,7-8,10-11H,5H2,1H3,(H,20,21)(H,16,17,18,19)/t7?,8?,10-,11+/m0/s1. The van der Waals surface area contributed by atoms with Gasteiger partial charge in [-0.15, -0.1) is 0 Å². The summed E-state index contributed by atoms with van der Waals surface area (Å²) >= 11 is 5.83. The van der Waals surface area contributed by atoms with E-state index in [2.05, 4.69) is 15.3 Å². The first kappa shape index (κ1) is 14.0. The number of nitrogens with one attached hydrogen (secondary N) is 1. The van der Waals surface area contributed by atoms with Gasteiger partial charge in [0.1, 0.15) is 5.15 Å². The minimum atomic E-state index is -0.935. The molecule has 0 saturated heterocycles. The van der Waals surface area contributed by atoms with E-state index in [0.29, 0.717) is 12.1 Å². The minimum Gasteiger partial charge on any atom is -0.481 e. The van der Waals surface area contributed by atoms with Gasteiger partial charge in [-0.1, -0.05) is 23.8 Å². The molecule has 1 heterocycles. The number of aliphatic carboxylic acids is 1. The van der Waals surface area contributed by atoms with Crippen LogP contribution in [0.2, 0.25) is 5.15 Å². The van der Waals surface area contributed by atoms with E-state index in [4.69, 9.17) is 11.6 Å². The number of aromatic nitrogens is 2. The van der Waals surface area contributed by atoms with Crippen LogP contribution in [-0.2, 0) is 9.59 Å². The third kappa shape index (κ3) is 2.51. The monoisotopic (exact) mass is 307 g/mol. The van der Waals surface area contributed by atoms with Crippen LogP contribution in [0, 0.1) is 30.6 Å². The summed E-state index contributed by atoms with van der Waals surface area (Å²) < 4.78 is 0. The molecule has 1 aromatic rings. The molecule has 0 spiro atoms. The van der Waals surface area contributed by atoms with Gasteiger partial charge in [0.2, 0.25) is 11.9 Å². The van der Waals surface area contributed by atoms with E-state index < -0.39 is 17.8 Å². The van der Waals surface area contributed by atoms with Crippen molar-refractivity contribution < 1.29 is 14.7 Å². The van der Waals surface area contributed by atoms with Crippen molar-refractivity contribution in [3.8, 4) is 0 Å². The number of carboxylic acid groups (broad SMARTS) is 1. The average Bonchev–Trinajstić information content (AvgIpc) is 2.96. The Labute approximate surface area is 126 Å². The zero-order valence-electron chi connectivity index (χ0n) is 11.3. The predicted octanol–water partition coefficient (Wildman–Crippen LogP) is 1.90. The number of rotatable bonds is 3. The van der Waals surface area contributed by atoms with Crippen LogP contribution in [0.25, 0.3) is 0 Å². The lowest BCUT2D eigenvalue weighted by molar-refractivity contribution is -0.146. The van der Waals surface area contributed by atoms with Crippen molar-refractivity contribution >= 4 is 29.4 Å². The topological polar surface area (TPSA) is 92.2 Å². The molecule has 0 radical (unpaired) electrons. The van der Waals surface area contributed by atoms with Gasteiger partial charge in [0, 0.05) is 5.69 Å². The van der Waals surface area contributed by atoms with Gasteiger partial charge in [-0.3, -0.25) is 14.9 Å². The molecule has 1 aromatic heterocycles. The highest BCUT2D eigenvalue weighted by atomic mass is 35.5. The highest BCUT2D eigenvalue weighted by Crippen LogP contribution is 2.48. The summed E-state index contributed by atoms with van der Waals surface area (Å²) in [6.07, 6.45) is 4.54. The Bertz CT molecular complexity index is 626. The van der Waals surface area contributed by atoms with Crippen LogP contribution in [0.3, 0.4) is 0 Å². The zero-order valence-corrected chi connectivity index (χ0v) is 12.0. The normalized spacial score (nSPS) is 29.6. The maximum atomic E-state index is 12.4. The van der Waals surface area contributed by atoms with Crippen LogP contribution in [0.5, 0.6) is 0 Å². The highest BCUT2D eigenvalue weighted by Gasteiger charge is 2.51. The van der Waals surface area contributed by atoms with E-state index in [0.717, 1.165) is 0 Å². The van der Waals surface area contributed by atoms with Crippen LogP contribution in [0.4, 0.5) is 5.95 Å². The lowest BCUT2D eigenvalue weighted by atomic mass is 9.82. The molecule has 2 aliphatic carbocycles. The molecular formula is C14H14ClN3O3. The van der Waals surface area contributed by atoms with E-state index >= 15 is 0 Å². The van der Waals surface area contributed by atoms with Gasteiger partial charge >= 0.3 is 5.97 Å². The second-order valence-electron chi connectivity index (χ2n) is 5.48. The van der Waals surface area contributed by atoms with Gasteiger partial charge in [0.25, 0.3) is 0 Å². The van der Waals surface area contributed by atoms with E-state index in [1.54, 1.807) is 13.0 Å². The number of allylic oxidation sites excluding steroid dienone is 2. The molecule has 3 rings (SSSR count). The molecule has 0 aliphatic heterocycles. The third-order valence-electron chi connectivity index (χ3n) is 4.11. The average molecular weight is 308 g/mol. The lowest BCUT2D eigenvalue weighted by Gasteiger charge is -2.23. The Morgan fingerprint density at radius 2 is 1.95 bits per heavy atom. The Kier molecular flexibility index (Phi) is 3.41. The fraction of sp³-hybridized carbons (Fsp3) is 0.429. The SMILES string of the molecule is Cc1cc(Cl)nc(NC(=O)[C@H]2C3C=CC(C3)[C@H]2C(=O)O)n1. The molecule has 2 bridgehead atoms. The molecule has 2 unspecified atom stereocenters. The number of aryl methyl sites for hydroxylation is 1. The Morgan fingerprint density at radius 3 is 2.57 bits per heavy atom. The summed E-state index contributed by atoms with van der Waals surface area (Å²) in [7, 11) is 0. The van der Waals surface area contributed by atoms with Crippen LogP contribution in [0.1, 0.15) is 12.1 Å². The summed E-state index contributed by atoms with van der Waals surface area (Å²) in [6, 6.07) is 1.58. The second-order valence-corrected chi connectivity index (χ2v) is 5.87. The summed E-state index contributed by atoms with van der Waals surface area (Å²) in [5.41, 5.74) is 0.632. The number of amides is 1. The number of hydrogen-bond acceptors (Lipinski definition) is 4. The molecule has 6 nitrogen and oxygen atoms in total. The van der Waals surface area contributed by atoms with Crippen LogP contribution >= 0.6 is 11.6 Å². The molecule has 4 atom stereocenters. The van der Waals surface area contributed by atoms with Crippen molar-refractivity contribution in [3.05, 3.63) is 29.1 Å². The number of carbonyl (C=O) groups excluding carboxylic acids is 1. The van der Waals surface area contributed by atoms with E-state index in [9.17, 15) is 14.7 Å². The molecular weight excluding hydrogens is 294 g/mol. The van der Waals surface area contributed by atoms with Gasteiger partial charge in [-0.05, 0) is 31.2 Å². The number of halogens is 1. The van der Waals surface area contributed by atoms with E-state index in [1.807, 2.05) is 12.2 Å². The largest absolute Gasteiger partial charge is 0.481 e. The number of carbonyl (C=O) groups is 2. The van der Waals surface area contributed by atoms with Crippen molar-refractivity contribution in [1.82, 2.24) is 9.97 Å². The Balaban J connectivity index is 1.82. The number of nitrogens with zero attached hydrogens (tertiary/aromatic N) is 2. The van der Waals surface area contributed by atoms with Crippen molar-refractivity contribution in [1.29, 1.82) is 0 Å². The Morgan fingerprint density at radius 1 is 1.29 bits per heavy atom. The summed E-state index contributed by atoms with van der Waals surface area (Å²) in [5.74, 6) is -2.54. The number of fused-ring (bicyclic) bond motifs is 2. The van der Waals surface area contributed by atoms with Crippen molar-refractivity contribution in [2.75, 3.05) is 5.32 Å². The molecule has 1 amide bonds. The summed E-state index contributed by atoms with van der Waals surface area (Å²) in [4.78, 5) is 31.8. The van der Waals surface area contributed by atoms with E-state index in [1.165, 1.54) is 0 Å². The summed E-state index contributed by atoms with van der Waals surface area (Å²) in [6.45, 7) is 1.74. The molecule has 21 heavy (non-hydrogen) atoms. The molecule has 0 aromatic carbocycles. The van der Waals surface area contributed by atoms with E-state index in [-0.39, 0.29) is 28.8 Å². The highest BCUT2D eigenvalue weighted by molar-refractivity contribution is 6.29. The van der Waals surface area contributed by atoms with Gasteiger partial charge in [-0.2, -0.15) is 0 Å². The first-order valence-electron chi connectivity index (χ1n) is 6.69. The van der Waals surface area contributed by atoms with Gasteiger partial charge < -0.3 is 5.11 Å². The lowest BCUT2D eigenvalue weighted by Crippen LogP contribution is -2.36. The second kappa shape index (κ2) is 5.11. The van der Waals surface area contributed by atoms with Gasteiger partial charge in [-0.25, -0.2) is 9.97 Å². The maximum Gasteiger partial charge on any atom is 0.307 e. The third-order valence-corrected chi connectivity index (χ3v) is 4.30. The fourth-order valence-corrected chi connectivity index (χ4v) is 3.53. The molecule has 7 heteroatoms. The quantitative estimate of drug-likeness (QED) is 0.657. The van der Waals surface area contributed by atoms with Crippen molar-refractivity contribution in [3.63, 3.8) is 0 Å². The molecule has 110 valence electrons. The summed E-state index contributed by atoms with van der Waals surface area (Å²) in [5, 5.41) is 12.2. The number of anilines is 1. The maximum absolute atomic E-state index is 12.4.